The van der Waals surface area contributed by atoms with Gasteiger partial charge in [0.25, 0.3) is 5.91 Å². The van der Waals surface area contributed by atoms with Crippen LogP contribution in [0.1, 0.15) is 6.92 Å². The molecule has 9 heteroatoms. The van der Waals surface area contributed by atoms with Gasteiger partial charge in [-0.15, -0.1) is 16.5 Å². The number of azo groups is 1. The third kappa shape index (κ3) is 5.24. The molecule has 4 rings (SSSR count). The third-order valence-corrected chi connectivity index (χ3v) is 6.34. The average Bonchev–Trinajstić information content (AvgIpc) is 3.24. The van der Waals surface area contributed by atoms with E-state index in [0.717, 1.165) is 26.5 Å². The quantitative estimate of drug-likeness (QED) is 0.169. The Kier molecular flexibility index (Phi) is 6.90. The minimum atomic E-state index is -0.612. The van der Waals surface area contributed by atoms with Gasteiger partial charge in [0.05, 0.1) is 26.6 Å². The van der Waals surface area contributed by atoms with E-state index in [1.807, 2.05) is 43.3 Å². The fraction of sp³-hybridized carbons (Fsp3) is 0.120. The molecule has 0 bridgehead atoms. The molecule has 0 fully saturated rings. The number of carbonyl (C=O) groups excluding carboxylic acids is 1. The molecule has 1 heterocycles. The molecule has 0 aliphatic heterocycles. The molecule has 0 unspecified atom stereocenters. The molecule has 1 aromatic heterocycles. The Balaban J connectivity index is 1.55. The SMILES string of the molecule is C/C(O)=C(\N=Nc1ccc2nc(-c3ccc(N(C)C)cc3)sc2c1)C(=O)Nc1ccccc1Cl. The van der Waals surface area contributed by atoms with Gasteiger partial charge in [-0.05, 0) is 61.5 Å². The molecule has 0 saturated heterocycles. The largest absolute Gasteiger partial charge is 0.510 e. The number of aliphatic hydroxyl groups is 1. The molecule has 34 heavy (non-hydrogen) atoms. The van der Waals surface area contributed by atoms with Gasteiger partial charge in [0, 0.05) is 25.3 Å². The number of nitrogens with one attached hydrogen (secondary N) is 1. The number of fused-ring (bicyclic) bond motifs is 1. The summed E-state index contributed by atoms with van der Waals surface area (Å²) in [5.41, 5.74) is 3.75. The number of para-hydroxylation sites is 1. The van der Waals surface area contributed by atoms with Crippen LogP contribution in [0.2, 0.25) is 5.02 Å². The summed E-state index contributed by atoms with van der Waals surface area (Å²) in [4.78, 5) is 19.4. The maximum absolute atomic E-state index is 12.6. The van der Waals surface area contributed by atoms with Gasteiger partial charge < -0.3 is 15.3 Å². The second-order valence-corrected chi connectivity index (χ2v) is 9.12. The number of aliphatic hydroxyl groups excluding tert-OH is 1. The van der Waals surface area contributed by atoms with E-state index in [0.29, 0.717) is 16.4 Å². The van der Waals surface area contributed by atoms with Crippen molar-refractivity contribution in [3.05, 3.63) is 83.2 Å². The van der Waals surface area contributed by atoms with Gasteiger partial charge in [0.1, 0.15) is 10.8 Å². The lowest BCUT2D eigenvalue weighted by Gasteiger charge is -2.11. The zero-order valence-corrected chi connectivity index (χ0v) is 20.4. The monoisotopic (exact) mass is 491 g/mol. The second-order valence-electron chi connectivity index (χ2n) is 7.68. The van der Waals surface area contributed by atoms with Gasteiger partial charge in [0.2, 0.25) is 0 Å². The minimum Gasteiger partial charge on any atom is -0.510 e. The minimum absolute atomic E-state index is 0.203. The Morgan fingerprint density at radius 1 is 1.09 bits per heavy atom. The smallest absolute Gasteiger partial charge is 0.279 e. The van der Waals surface area contributed by atoms with Crippen molar-refractivity contribution in [2.75, 3.05) is 24.3 Å². The Morgan fingerprint density at radius 2 is 1.82 bits per heavy atom. The maximum atomic E-state index is 12.6. The molecule has 0 spiro atoms. The zero-order valence-electron chi connectivity index (χ0n) is 18.8. The lowest BCUT2D eigenvalue weighted by Crippen LogP contribution is -2.14. The summed E-state index contributed by atoms with van der Waals surface area (Å²) < 4.78 is 0.940. The van der Waals surface area contributed by atoms with Crippen LogP contribution in [-0.4, -0.2) is 30.1 Å². The van der Waals surface area contributed by atoms with Gasteiger partial charge >= 0.3 is 0 Å². The zero-order chi connectivity index (χ0) is 24.2. The Bertz CT molecular complexity index is 1410. The number of rotatable bonds is 6. The van der Waals surface area contributed by atoms with E-state index in [1.165, 1.54) is 6.92 Å². The van der Waals surface area contributed by atoms with E-state index in [9.17, 15) is 9.90 Å². The van der Waals surface area contributed by atoms with Crippen molar-refractivity contribution in [3.63, 3.8) is 0 Å². The van der Waals surface area contributed by atoms with Crippen molar-refractivity contribution >= 4 is 56.1 Å². The van der Waals surface area contributed by atoms with Crippen molar-refractivity contribution in [2.45, 2.75) is 6.92 Å². The van der Waals surface area contributed by atoms with Gasteiger partial charge in [-0.1, -0.05) is 23.7 Å². The number of benzene rings is 3. The van der Waals surface area contributed by atoms with Crippen LogP contribution in [0.25, 0.3) is 20.8 Å². The molecule has 7 nitrogen and oxygen atoms in total. The van der Waals surface area contributed by atoms with E-state index in [2.05, 4.69) is 27.7 Å². The molecule has 4 aromatic rings. The maximum Gasteiger partial charge on any atom is 0.279 e. The molecule has 3 aromatic carbocycles. The Hall–Kier alpha value is -3.75. The van der Waals surface area contributed by atoms with Crippen molar-refractivity contribution in [3.8, 4) is 10.6 Å². The van der Waals surface area contributed by atoms with Crippen LogP contribution in [0.4, 0.5) is 17.1 Å². The number of hydrogen-bond donors (Lipinski definition) is 2. The molecule has 0 atom stereocenters. The van der Waals surface area contributed by atoms with Crippen LogP contribution in [0, 0.1) is 0 Å². The first-order valence-electron chi connectivity index (χ1n) is 10.4. The number of anilines is 2. The number of amides is 1. The first kappa shape index (κ1) is 23.4. The Morgan fingerprint density at radius 3 is 2.50 bits per heavy atom. The number of allylic oxidation sites excluding steroid dienone is 1. The van der Waals surface area contributed by atoms with Crippen molar-refractivity contribution in [1.29, 1.82) is 0 Å². The summed E-state index contributed by atoms with van der Waals surface area (Å²) in [5, 5.41) is 22.1. The predicted octanol–water partition coefficient (Wildman–Crippen LogP) is 7.19. The van der Waals surface area contributed by atoms with Gasteiger partial charge in [-0.3, -0.25) is 4.79 Å². The molecular weight excluding hydrogens is 470 g/mol. The first-order valence-corrected chi connectivity index (χ1v) is 11.6. The van der Waals surface area contributed by atoms with Crippen LogP contribution in [-0.2, 0) is 4.79 Å². The molecule has 1 amide bonds. The fourth-order valence-corrected chi connectivity index (χ4v) is 4.32. The van der Waals surface area contributed by atoms with E-state index in [-0.39, 0.29) is 11.5 Å². The van der Waals surface area contributed by atoms with Crippen LogP contribution in [0.15, 0.2) is 88.4 Å². The summed E-state index contributed by atoms with van der Waals surface area (Å²) in [7, 11) is 4.00. The normalized spacial score (nSPS) is 12.1. The standard InChI is InChI=1S/C25H22ClN5O2S/c1-15(32)23(24(33)27-20-7-5-4-6-19(20)26)30-29-17-10-13-21-22(14-17)34-25(28-21)16-8-11-18(12-9-16)31(2)3/h4-14,32H,1-3H3,(H,27,33)/b23-15+,30-29?. The molecule has 0 aliphatic carbocycles. The van der Waals surface area contributed by atoms with Gasteiger partial charge in [-0.25, -0.2) is 4.98 Å². The van der Waals surface area contributed by atoms with E-state index in [1.54, 1.807) is 41.7 Å². The highest BCUT2D eigenvalue weighted by molar-refractivity contribution is 7.21. The number of carbonyl (C=O) groups is 1. The molecule has 2 N–H and O–H groups in total. The Labute approximate surface area is 206 Å². The number of halogens is 1. The summed E-state index contributed by atoms with van der Waals surface area (Å²) in [5.74, 6) is -0.866. The second kappa shape index (κ2) is 10.0. The van der Waals surface area contributed by atoms with Crippen molar-refractivity contribution in [1.82, 2.24) is 4.98 Å². The molecule has 0 aliphatic rings. The average molecular weight is 492 g/mol. The molecule has 0 saturated carbocycles. The number of thiazole rings is 1. The van der Waals surface area contributed by atoms with E-state index in [4.69, 9.17) is 16.6 Å². The van der Waals surface area contributed by atoms with Crippen LogP contribution in [0.3, 0.4) is 0 Å². The lowest BCUT2D eigenvalue weighted by atomic mass is 10.2. The topological polar surface area (TPSA) is 90.2 Å². The van der Waals surface area contributed by atoms with Crippen LogP contribution >= 0.6 is 22.9 Å². The number of aromatic nitrogens is 1. The van der Waals surface area contributed by atoms with E-state index < -0.39 is 5.91 Å². The summed E-state index contributed by atoms with van der Waals surface area (Å²) >= 11 is 7.64. The summed E-state index contributed by atoms with van der Waals surface area (Å²) in [6, 6.07) is 20.5. The van der Waals surface area contributed by atoms with Crippen LogP contribution < -0.4 is 10.2 Å². The highest BCUT2D eigenvalue weighted by Crippen LogP contribution is 2.33. The molecular formula is C25H22ClN5O2S. The summed E-state index contributed by atoms with van der Waals surface area (Å²) in [6.45, 7) is 1.38. The van der Waals surface area contributed by atoms with Crippen molar-refractivity contribution < 1.29 is 9.90 Å². The van der Waals surface area contributed by atoms with Crippen LogP contribution in [0.5, 0.6) is 0 Å². The highest BCUT2D eigenvalue weighted by atomic mass is 35.5. The number of nitrogens with zero attached hydrogens (tertiary/aromatic N) is 4. The lowest BCUT2D eigenvalue weighted by molar-refractivity contribution is -0.113. The first-order chi connectivity index (χ1) is 16.3. The summed E-state index contributed by atoms with van der Waals surface area (Å²) in [6.07, 6.45) is 0. The van der Waals surface area contributed by atoms with Gasteiger partial charge in [-0.2, -0.15) is 5.11 Å². The predicted molar refractivity (Wildman–Crippen MR) is 139 cm³/mol. The third-order valence-electron chi connectivity index (χ3n) is 4.95. The number of hydrogen-bond acceptors (Lipinski definition) is 7. The molecule has 0 radical (unpaired) electrons. The van der Waals surface area contributed by atoms with E-state index >= 15 is 0 Å². The highest BCUT2D eigenvalue weighted by Gasteiger charge is 2.15. The molecule has 172 valence electrons. The van der Waals surface area contributed by atoms with Gasteiger partial charge in [0.15, 0.2) is 5.70 Å². The fourth-order valence-electron chi connectivity index (χ4n) is 3.14. The van der Waals surface area contributed by atoms with Crippen molar-refractivity contribution in [2.24, 2.45) is 10.2 Å².